The number of ether oxygens (including phenoxy) is 6. The zero-order chi connectivity index (χ0) is 33.7. The Bertz CT molecular complexity index is 936. The van der Waals surface area contributed by atoms with E-state index in [0.717, 1.165) is 75.7 Å². The molecule has 0 aliphatic heterocycles. The van der Waals surface area contributed by atoms with Gasteiger partial charge in [-0.15, -0.1) is 0 Å². The summed E-state index contributed by atoms with van der Waals surface area (Å²) in [5.74, 6) is 1.60. The SMILES string of the molecule is CCCCCCC(COP(=O)(O)OCC(CCCCCC)OCCOCCOc1ccccc1)OCCOCCOc1ccccc1. The van der Waals surface area contributed by atoms with Gasteiger partial charge in [-0.2, -0.15) is 0 Å². The van der Waals surface area contributed by atoms with E-state index in [1.54, 1.807) is 0 Å². The third-order valence-electron chi connectivity index (χ3n) is 7.25. The minimum atomic E-state index is -4.31. The van der Waals surface area contributed by atoms with Gasteiger partial charge in [-0.25, -0.2) is 4.57 Å². The molecule has 0 spiro atoms. The van der Waals surface area contributed by atoms with Crippen LogP contribution in [-0.2, 0) is 32.6 Å². The van der Waals surface area contributed by atoms with Gasteiger partial charge in [-0.1, -0.05) is 102 Å². The van der Waals surface area contributed by atoms with Crippen LogP contribution in [0.25, 0.3) is 0 Å². The van der Waals surface area contributed by atoms with E-state index in [1.807, 2.05) is 60.7 Å². The smallest absolute Gasteiger partial charge is 0.472 e. The van der Waals surface area contributed by atoms with E-state index in [-0.39, 0.29) is 25.4 Å². The first kappa shape index (κ1) is 41.2. The molecule has 0 saturated carbocycles. The number of benzene rings is 2. The van der Waals surface area contributed by atoms with E-state index < -0.39 is 7.82 Å². The Morgan fingerprint density at radius 2 is 0.957 bits per heavy atom. The largest absolute Gasteiger partial charge is 0.491 e. The maximum Gasteiger partial charge on any atom is 0.472 e. The molecule has 0 aliphatic carbocycles. The van der Waals surface area contributed by atoms with Gasteiger partial charge < -0.3 is 33.3 Å². The number of phosphoric ester groups is 1. The second kappa shape index (κ2) is 27.9. The van der Waals surface area contributed by atoms with Crippen LogP contribution in [0.4, 0.5) is 0 Å². The molecule has 0 aliphatic rings. The molecule has 2 atom stereocenters. The van der Waals surface area contributed by atoms with Gasteiger partial charge in [-0.05, 0) is 37.1 Å². The summed E-state index contributed by atoms with van der Waals surface area (Å²) in [7, 11) is -4.31. The summed E-state index contributed by atoms with van der Waals surface area (Å²) in [4.78, 5) is 10.5. The van der Waals surface area contributed by atoms with Gasteiger partial charge in [0.1, 0.15) is 24.7 Å². The van der Waals surface area contributed by atoms with Gasteiger partial charge >= 0.3 is 7.82 Å². The molecule has 2 aromatic carbocycles. The topological polar surface area (TPSA) is 111 Å². The lowest BCUT2D eigenvalue weighted by atomic mass is 10.1. The molecule has 1 N–H and O–H groups in total. The standard InChI is InChI=1S/C36H59O10P/c1-3-5-7-11-21-35(43-29-25-39-23-27-41-33-17-13-9-14-18-33)31-45-47(37,38)46-32-36(22-12-8-6-4-2)44-30-26-40-24-28-42-34-19-15-10-16-20-34/h9-10,13-20,35-36H,3-8,11-12,21-32H2,1-2H3,(H,37,38). The molecule has 0 aromatic heterocycles. The summed E-state index contributed by atoms with van der Waals surface area (Å²) in [5, 5.41) is 0. The lowest BCUT2D eigenvalue weighted by molar-refractivity contribution is -0.0387. The van der Waals surface area contributed by atoms with Crippen molar-refractivity contribution in [1.82, 2.24) is 0 Å². The number of hydrogen-bond donors (Lipinski definition) is 1. The molecule has 11 heteroatoms. The van der Waals surface area contributed by atoms with Crippen molar-refractivity contribution in [3.05, 3.63) is 60.7 Å². The molecule has 2 aromatic rings. The first-order valence-corrected chi connectivity index (χ1v) is 18.9. The molecule has 0 amide bonds. The van der Waals surface area contributed by atoms with E-state index in [2.05, 4.69) is 13.8 Å². The fourth-order valence-corrected chi connectivity index (χ4v) is 5.42. The fraction of sp³-hybridized carbons (Fsp3) is 0.667. The Kier molecular flexibility index (Phi) is 24.4. The fourth-order valence-electron chi connectivity index (χ4n) is 4.64. The lowest BCUT2D eigenvalue weighted by Gasteiger charge is -2.22. The molecule has 0 heterocycles. The highest BCUT2D eigenvalue weighted by Crippen LogP contribution is 2.44. The highest BCUT2D eigenvalue weighted by molar-refractivity contribution is 7.47. The zero-order valence-electron chi connectivity index (χ0n) is 28.6. The molecule has 10 nitrogen and oxygen atoms in total. The molecular formula is C36H59O10P. The third-order valence-corrected chi connectivity index (χ3v) is 8.20. The van der Waals surface area contributed by atoms with Crippen LogP contribution in [-0.4, -0.2) is 83.2 Å². The summed E-state index contributed by atoms with van der Waals surface area (Å²) in [6.07, 6.45) is 9.28. The Balaban J connectivity index is 1.69. The molecule has 0 radical (unpaired) electrons. The van der Waals surface area contributed by atoms with E-state index in [9.17, 15) is 9.46 Å². The summed E-state index contributed by atoms with van der Waals surface area (Å²) in [6.45, 7) is 7.45. The molecule has 0 saturated heterocycles. The average Bonchev–Trinajstić information content (AvgIpc) is 3.09. The van der Waals surface area contributed by atoms with Crippen molar-refractivity contribution >= 4 is 7.82 Å². The second-order valence-corrected chi connectivity index (χ2v) is 12.7. The van der Waals surface area contributed by atoms with E-state index >= 15 is 0 Å². The number of phosphoric acid groups is 1. The van der Waals surface area contributed by atoms with Crippen molar-refractivity contribution in [2.45, 2.75) is 90.3 Å². The summed E-state index contributed by atoms with van der Waals surface area (Å²) >= 11 is 0. The Morgan fingerprint density at radius 1 is 0.553 bits per heavy atom. The quantitative estimate of drug-likeness (QED) is 0.0602. The van der Waals surface area contributed by atoms with Crippen molar-refractivity contribution < 1.29 is 46.9 Å². The van der Waals surface area contributed by atoms with Crippen molar-refractivity contribution in [2.24, 2.45) is 0 Å². The van der Waals surface area contributed by atoms with E-state index in [1.165, 1.54) is 0 Å². The maximum atomic E-state index is 12.8. The van der Waals surface area contributed by atoms with E-state index in [4.69, 9.17) is 37.5 Å². The van der Waals surface area contributed by atoms with Crippen LogP contribution in [0.15, 0.2) is 60.7 Å². The van der Waals surface area contributed by atoms with Gasteiger partial charge in [0.15, 0.2) is 0 Å². The van der Waals surface area contributed by atoms with Crippen LogP contribution >= 0.6 is 7.82 Å². The molecule has 268 valence electrons. The average molecular weight is 683 g/mol. The van der Waals surface area contributed by atoms with Crippen LogP contribution in [0, 0.1) is 0 Å². The minimum absolute atomic E-state index is 0.0437. The number of unbranched alkanes of at least 4 members (excludes halogenated alkanes) is 6. The predicted octanol–water partition coefficient (Wildman–Crippen LogP) is 8.02. The van der Waals surface area contributed by atoms with Crippen LogP contribution < -0.4 is 9.47 Å². The Hall–Kier alpha value is -2.01. The van der Waals surface area contributed by atoms with Gasteiger partial charge in [0, 0.05) is 0 Å². The molecular weight excluding hydrogens is 623 g/mol. The lowest BCUT2D eigenvalue weighted by Crippen LogP contribution is -2.24. The molecule has 2 rings (SSSR count). The monoisotopic (exact) mass is 682 g/mol. The summed E-state index contributed by atoms with van der Waals surface area (Å²) in [5.41, 5.74) is 0. The van der Waals surface area contributed by atoms with Crippen LogP contribution in [0.5, 0.6) is 11.5 Å². The van der Waals surface area contributed by atoms with Crippen molar-refractivity contribution in [1.29, 1.82) is 0 Å². The first-order chi connectivity index (χ1) is 23.0. The summed E-state index contributed by atoms with van der Waals surface area (Å²) in [6, 6.07) is 19.2. The normalized spacial score (nSPS) is 14.0. The van der Waals surface area contributed by atoms with Gasteiger partial charge in [0.2, 0.25) is 0 Å². The molecule has 47 heavy (non-hydrogen) atoms. The predicted molar refractivity (Wildman–Crippen MR) is 184 cm³/mol. The van der Waals surface area contributed by atoms with Gasteiger partial charge in [-0.3, -0.25) is 9.05 Å². The second-order valence-electron chi connectivity index (χ2n) is 11.3. The van der Waals surface area contributed by atoms with Crippen molar-refractivity contribution in [3.8, 4) is 11.5 Å². The van der Waals surface area contributed by atoms with Gasteiger partial charge in [0.25, 0.3) is 0 Å². The summed E-state index contributed by atoms with van der Waals surface area (Å²) < 4.78 is 58.1. The number of rotatable bonds is 32. The van der Waals surface area contributed by atoms with Crippen LogP contribution in [0.3, 0.4) is 0 Å². The zero-order valence-corrected chi connectivity index (χ0v) is 29.5. The Labute approximate surface area is 282 Å². The minimum Gasteiger partial charge on any atom is -0.491 e. The molecule has 0 bridgehead atoms. The molecule has 0 fully saturated rings. The number of para-hydroxylation sites is 2. The highest BCUT2D eigenvalue weighted by Gasteiger charge is 2.26. The van der Waals surface area contributed by atoms with Crippen molar-refractivity contribution in [2.75, 3.05) is 66.1 Å². The third kappa shape index (κ3) is 23.1. The first-order valence-electron chi connectivity index (χ1n) is 17.4. The van der Waals surface area contributed by atoms with E-state index in [0.29, 0.717) is 52.9 Å². The maximum absolute atomic E-state index is 12.8. The number of hydrogen-bond acceptors (Lipinski definition) is 9. The molecule has 2 unspecified atom stereocenters. The van der Waals surface area contributed by atoms with Crippen molar-refractivity contribution in [3.63, 3.8) is 0 Å². The highest BCUT2D eigenvalue weighted by atomic mass is 31.2. The van der Waals surface area contributed by atoms with Crippen LogP contribution in [0.2, 0.25) is 0 Å². The van der Waals surface area contributed by atoms with Gasteiger partial charge in [0.05, 0.1) is 65.1 Å². The van der Waals surface area contributed by atoms with Crippen LogP contribution in [0.1, 0.15) is 78.1 Å². The Morgan fingerprint density at radius 3 is 1.36 bits per heavy atom.